The molecule has 0 aromatic heterocycles. The molecule has 1 heterocycles. The van der Waals surface area contributed by atoms with Crippen LogP contribution in [0.2, 0.25) is 0 Å². The van der Waals surface area contributed by atoms with Gasteiger partial charge in [0.25, 0.3) is 5.91 Å². The van der Waals surface area contributed by atoms with Crippen LogP contribution in [-0.2, 0) is 4.79 Å². The number of ether oxygens (including phenoxy) is 1. The van der Waals surface area contributed by atoms with Crippen molar-refractivity contribution in [3.8, 4) is 5.75 Å². The number of rotatable bonds is 3. The Morgan fingerprint density at radius 2 is 1.95 bits per heavy atom. The molecule has 0 saturated carbocycles. The third-order valence-corrected chi connectivity index (χ3v) is 3.58. The number of nitrogens with one attached hydrogen (secondary N) is 1. The van der Waals surface area contributed by atoms with E-state index in [-0.39, 0.29) is 5.91 Å². The molecule has 2 aromatic rings. The predicted molar refractivity (Wildman–Crippen MR) is 86.6 cm³/mol. The molecule has 1 N–H and O–H groups in total. The van der Waals surface area contributed by atoms with E-state index in [9.17, 15) is 4.79 Å². The largest absolute Gasteiger partial charge is 0.494 e. The Bertz CT molecular complexity index is 724. The highest BCUT2D eigenvalue weighted by molar-refractivity contribution is 9.10. The molecule has 21 heavy (non-hydrogen) atoms. The molecule has 0 spiro atoms. The van der Waals surface area contributed by atoms with Gasteiger partial charge < -0.3 is 10.1 Å². The van der Waals surface area contributed by atoms with Crippen molar-refractivity contribution in [3.05, 3.63) is 52.5 Å². The van der Waals surface area contributed by atoms with Gasteiger partial charge in [0.05, 0.1) is 18.0 Å². The van der Waals surface area contributed by atoms with Crippen molar-refractivity contribution < 1.29 is 9.53 Å². The molecule has 0 unspecified atom stereocenters. The van der Waals surface area contributed by atoms with Crippen LogP contribution in [0.15, 0.2) is 51.9 Å². The lowest BCUT2D eigenvalue weighted by atomic mass is 10.1. The molecular formula is C16H13BrN2O2. The molecule has 106 valence electrons. The first-order valence-corrected chi connectivity index (χ1v) is 7.39. The first-order chi connectivity index (χ1) is 10.2. The van der Waals surface area contributed by atoms with Gasteiger partial charge in [-0.25, -0.2) is 4.99 Å². The third kappa shape index (κ3) is 2.83. The van der Waals surface area contributed by atoms with Crippen LogP contribution in [0.3, 0.4) is 0 Å². The van der Waals surface area contributed by atoms with Crippen LogP contribution in [0.4, 0.5) is 11.4 Å². The molecule has 2 aromatic carbocycles. The summed E-state index contributed by atoms with van der Waals surface area (Å²) in [7, 11) is 0. The number of halogens is 1. The molecule has 1 amide bonds. The summed E-state index contributed by atoms with van der Waals surface area (Å²) in [5.41, 5.74) is 2.74. The number of anilines is 1. The van der Waals surface area contributed by atoms with Gasteiger partial charge in [-0.15, -0.1) is 0 Å². The van der Waals surface area contributed by atoms with Gasteiger partial charge >= 0.3 is 0 Å². The molecular weight excluding hydrogens is 332 g/mol. The Hall–Kier alpha value is -2.14. The molecule has 0 fully saturated rings. The van der Waals surface area contributed by atoms with Gasteiger partial charge in [-0.05, 0) is 49.4 Å². The summed E-state index contributed by atoms with van der Waals surface area (Å²) in [5, 5.41) is 2.81. The highest BCUT2D eigenvalue weighted by atomic mass is 79.9. The molecule has 3 rings (SSSR count). The Kier molecular flexibility index (Phi) is 3.75. The Morgan fingerprint density at radius 3 is 2.67 bits per heavy atom. The number of nitrogens with zero attached hydrogens (tertiary/aromatic N) is 1. The fraction of sp³-hybridized carbons (Fsp3) is 0.125. The molecule has 0 bridgehead atoms. The van der Waals surface area contributed by atoms with Crippen molar-refractivity contribution in [1.29, 1.82) is 0 Å². The number of fused-ring (bicyclic) bond motifs is 1. The Morgan fingerprint density at radius 1 is 1.19 bits per heavy atom. The molecule has 1 aliphatic rings. The third-order valence-electron chi connectivity index (χ3n) is 3.09. The van der Waals surface area contributed by atoms with E-state index in [1.54, 1.807) is 0 Å². The van der Waals surface area contributed by atoms with Crippen LogP contribution in [0.25, 0.3) is 0 Å². The standard InChI is InChI=1S/C16H13BrN2O2/c1-2-21-12-6-4-11(5-7-12)18-15-13-9-10(17)3-8-14(13)19-16(15)20/h3-9H,2H2,1H3,(H,18,19,20). The van der Waals surface area contributed by atoms with Gasteiger partial charge in [-0.1, -0.05) is 15.9 Å². The monoisotopic (exact) mass is 344 g/mol. The highest BCUT2D eigenvalue weighted by Crippen LogP contribution is 2.29. The van der Waals surface area contributed by atoms with Gasteiger partial charge in [0.15, 0.2) is 0 Å². The van der Waals surface area contributed by atoms with Gasteiger partial charge in [0.2, 0.25) is 0 Å². The van der Waals surface area contributed by atoms with Crippen molar-refractivity contribution in [2.24, 2.45) is 4.99 Å². The molecule has 0 saturated heterocycles. The summed E-state index contributed by atoms with van der Waals surface area (Å²) in [6.45, 7) is 2.56. The minimum atomic E-state index is -0.183. The SMILES string of the molecule is CCOc1ccc(N=C2C(=O)Nc3ccc(Br)cc32)cc1. The van der Waals surface area contributed by atoms with E-state index in [1.165, 1.54) is 0 Å². The minimum absolute atomic E-state index is 0.183. The second kappa shape index (κ2) is 5.69. The van der Waals surface area contributed by atoms with Crippen molar-refractivity contribution in [2.75, 3.05) is 11.9 Å². The fourth-order valence-corrected chi connectivity index (χ4v) is 2.51. The number of carbonyl (C=O) groups excluding carboxylic acids is 1. The van der Waals surface area contributed by atoms with E-state index in [0.29, 0.717) is 12.3 Å². The highest BCUT2D eigenvalue weighted by Gasteiger charge is 2.25. The Balaban J connectivity index is 1.96. The second-order valence-electron chi connectivity index (χ2n) is 4.53. The minimum Gasteiger partial charge on any atom is -0.494 e. The van der Waals surface area contributed by atoms with Gasteiger partial charge in [0, 0.05) is 10.0 Å². The first-order valence-electron chi connectivity index (χ1n) is 6.60. The zero-order valence-corrected chi connectivity index (χ0v) is 13.0. The molecule has 0 aliphatic carbocycles. The van der Waals surface area contributed by atoms with E-state index in [1.807, 2.05) is 49.4 Å². The summed E-state index contributed by atoms with van der Waals surface area (Å²) in [6.07, 6.45) is 0. The van der Waals surface area contributed by atoms with Crippen LogP contribution >= 0.6 is 15.9 Å². The predicted octanol–water partition coefficient (Wildman–Crippen LogP) is 3.92. The lowest BCUT2D eigenvalue weighted by Crippen LogP contribution is -2.13. The summed E-state index contributed by atoms with van der Waals surface area (Å²) < 4.78 is 6.30. The average Bonchev–Trinajstić information content (AvgIpc) is 2.77. The zero-order valence-electron chi connectivity index (χ0n) is 11.4. The van der Waals surface area contributed by atoms with Crippen molar-refractivity contribution in [3.63, 3.8) is 0 Å². The van der Waals surface area contributed by atoms with Gasteiger partial charge in [0.1, 0.15) is 11.5 Å². The number of benzene rings is 2. The van der Waals surface area contributed by atoms with E-state index >= 15 is 0 Å². The first kappa shape index (κ1) is 13.8. The summed E-state index contributed by atoms with van der Waals surface area (Å²) in [6, 6.07) is 13.0. The smallest absolute Gasteiger partial charge is 0.275 e. The number of hydrogen-bond acceptors (Lipinski definition) is 3. The number of carbonyl (C=O) groups is 1. The van der Waals surface area contributed by atoms with Crippen LogP contribution < -0.4 is 10.1 Å². The maximum atomic E-state index is 12.0. The van der Waals surface area contributed by atoms with E-state index in [4.69, 9.17) is 4.74 Å². The topological polar surface area (TPSA) is 50.7 Å². The Labute approximate surface area is 131 Å². The van der Waals surface area contributed by atoms with Crippen LogP contribution in [0.5, 0.6) is 5.75 Å². The van der Waals surface area contributed by atoms with Gasteiger partial charge in [-0.2, -0.15) is 0 Å². The molecule has 1 aliphatic heterocycles. The summed E-state index contributed by atoms with van der Waals surface area (Å²) in [5.74, 6) is 0.609. The number of amides is 1. The average molecular weight is 345 g/mol. The molecule has 0 atom stereocenters. The maximum absolute atomic E-state index is 12.0. The number of hydrogen-bond donors (Lipinski definition) is 1. The van der Waals surface area contributed by atoms with E-state index in [0.717, 1.165) is 27.2 Å². The second-order valence-corrected chi connectivity index (χ2v) is 5.45. The van der Waals surface area contributed by atoms with Crippen molar-refractivity contribution in [2.45, 2.75) is 6.92 Å². The molecule has 4 nitrogen and oxygen atoms in total. The normalized spacial score (nSPS) is 15.0. The van der Waals surface area contributed by atoms with Crippen molar-refractivity contribution in [1.82, 2.24) is 0 Å². The fourth-order valence-electron chi connectivity index (χ4n) is 2.15. The number of aliphatic imine (C=N–C) groups is 1. The molecule has 5 heteroatoms. The maximum Gasteiger partial charge on any atom is 0.275 e. The van der Waals surface area contributed by atoms with Crippen molar-refractivity contribution >= 4 is 38.9 Å². The molecule has 0 radical (unpaired) electrons. The summed E-state index contributed by atoms with van der Waals surface area (Å²) >= 11 is 3.41. The lowest BCUT2D eigenvalue weighted by molar-refractivity contribution is -0.110. The van der Waals surface area contributed by atoms with E-state index < -0.39 is 0 Å². The lowest BCUT2D eigenvalue weighted by Gasteiger charge is -2.03. The van der Waals surface area contributed by atoms with Crippen LogP contribution in [-0.4, -0.2) is 18.2 Å². The quantitative estimate of drug-likeness (QED) is 0.917. The summed E-state index contributed by atoms with van der Waals surface area (Å²) in [4.78, 5) is 16.5. The van der Waals surface area contributed by atoms with Crippen LogP contribution in [0, 0.1) is 0 Å². The van der Waals surface area contributed by atoms with Gasteiger partial charge in [-0.3, -0.25) is 4.79 Å². The zero-order chi connectivity index (χ0) is 14.8. The van der Waals surface area contributed by atoms with E-state index in [2.05, 4.69) is 26.2 Å². The van der Waals surface area contributed by atoms with Crippen LogP contribution in [0.1, 0.15) is 12.5 Å².